The molecular formula is C13H19ClN2O. The van der Waals surface area contributed by atoms with Crippen molar-refractivity contribution < 1.29 is 4.79 Å². The Morgan fingerprint density at radius 1 is 1.24 bits per heavy atom. The van der Waals surface area contributed by atoms with E-state index in [1.807, 2.05) is 24.3 Å². The molecule has 0 aliphatic heterocycles. The summed E-state index contributed by atoms with van der Waals surface area (Å²) in [6, 6.07) is 7.52. The summed E-state index contributed by atoms with van der Waals surface area (Å²) < 4.78 is 0. The molecule has 0 saturated heterocycles. The molecule has 0 aromatic heterocycles. The Bertz CT molecular complexity index is 355. The van der Waals surface area contributed by atoms with Gasteiger partial charge in [-0.2, -0.15) is 0 Å². The van der Waals surface area contributed by atoms with Crippen LogP contribution >= 0.6 is 11.6 Å². The van der Waals surface area contributed by atoms with E-state index in [4.69, 9.17) is 17.3 Å². The molecule has 0 spiro atoms. The number of nitrogens with one attached hydrogen (secondary N) is 1. The predicted molar refractivity (Wildman–Crippen MR) is 70.8 cm³/mol. The smallest absolute Gasteiger partial charge is 0.220 e. The third-order valence-corrected chi connectivity index (χ3v) is 2.91. The van der Waals surface area contributed by atoms with Crippen molar-refractivity contribution in [3.8, 4) is 0 Å². The van der Waals surface area contributed by atoms with Crippen LogP contribution in [0.15, 0.2) is 24.3 Å². The number of hydrogen-bond acceptors (Lipinski definition) is 2. The predicted octanol–water partition coefficient (Wildman–Crippen LogP) is 2.48. The third kappa shape index (κ3) is 5.71. The Balaban J connectivity index is 2.22. The highest BCUT2D eigenvalue weighted by Gasteiger charge is 2.03. The van der Waals surface area contributed by atoms with Crippen molar-refractivity contribution in [2.45, 2.75) is 32.2 Å². The number of hydrogen-bond donors (Lipinski definition) is 2. The zero-order chi connectivity index (χ0) is 12.5. The summed E-state index contributed by atoms with van der Waals surface area (Å²) in [5, 5.41) is 3.55. The highest BCUT2D eigenvalue weighted by Crippen LogP contribution is 2.14. The van der Waals surface area contributed by atoms with Crippen molar-refractivity contribution in [2.24, 2.45) is 5.73 Å². The highest BCUT2D eigenvalue weighted by atomic mass is 35.5. The first-order chi connectivity index (χ1) is 8.24. The summed E-state index contributed by atoms with van der Waals surface area (Å²) in [6.07, 6.45) is 3.45. The first-order valence-electron chi connectivity index (χ1n) is 5.94. The molecule has 4 heteroatoms. The van der Waals surface area contributed by atoms with Gasteiger partial charge in [0.1, 0.15) is 0 Å². The number of carbonyl (C=O) groups is 1. The summed E-state index contributed by atoms with van der Waals surface area (Å²) in [5.41, 5.74) is 6.33. The molecule has 0 fully saturated rings. The Kier molecular flexibility index (Phi) is 6.67. The SMILES string of the molecule is NCCCCCC(=O)NCc1ccccc1Cl. The molecule has 0 radical (unpaired) electrons. The van der Waals surface area contributed by atoms with Crippen LogP contribution in [0, 0.1) is 0 Å². The van der Waals surface area contributed by atoms with Crippen LogP contribution in [0.3, 0.4) is 0 Å². The van der Waals surface area contributed by atoms with Crippen LogP contribution in [0.4, 0.5) is 0 Å². The second-order valence-electron chi connectivity index (χ2n) is 3.97. The van der Waals surface area contributed by atoms with E-state index in [0.717, 1.165) is 24.8 Å². The average Bonchev–Trinajstić information content (AvgIpc) is 2.34. The van der Waals surface area contributed by atoms with Gasteiger partial charge in [-0.25, -0.2) is 0 Å². The number of benzene rings is 1. The lowest BCUT2D eigenvalue weighted by Crippen LogP contribution is -2.22. The lowest BCUT2D eigenvalue weighted by molar-refractivity contribution is -0.121. The van der Waals surface area contributed by atoms with E-state index in [-0.39, 0.29) is 5.91 Å². The monoisotopic (exact) mass is 254 g/mol. The molecule has 0 unspecified atom stereocenters. The Morgan fingerprint density at radius 3 is 2.71 bits per heavy atom. The quantitative estimate of drug-likeness (QED) is 0.735. The van der Waals surface area contributed by atoms with Gasteiger partial charge in [0.05, 0.1) is 0 Å². The second-order valence-corrected chi connectivity index (χ2v) is 4.37. The molecular weight excluding hydrogens is 236 g/mol. The van der Waals surface area contributed by atoms with E-state index in [9.17, 15) is 4.79 Å². The first-order valence-corrected chi connectivity index (χ1v) is 6.32. The maximum absolute atomic E-state index is 11.5. The Labute approximate surface area is 107 Å². The maximum Gasteiger partial charge on any atom is 0.220 e. The normalized spacial score (nSPS) is 10.2. The number of nitrogens with two attached hydrogens (primary N) is 1. The van der Waals surface area contributed by atoms with E-state index in [1.165, 1.54) is 0 Å². The van der Waals surface area contributed by atoms with Crippen molar-refractivity contribution in [1.82, 2.24) is 5.32 Å². The van der Waals surface area contributed by atoms with Crippen LogP contribution in [-0.2, 0) is 11.3 Å². The summed E-state index contributed by atoms with van der Waals surface area (Å²) in [5.74, 6) is 0.0712. The molecule has 0 atom stereocenters. The number of carbonyl (C=O) groups excluding carboxylic acids is 1. The van der Waals surface area contributed by atoms with E-state index in [0.29, 0.717) is 24.5 Å². The minimum atomic E-state index is 0.0712. The van der Waals surface area contributed by atoms with Crippen molar-refractivity contribution in [2.75, 3.05) is 6.54 Å². The van der Waals surface area contributed by atoms with Crippen LogP contribution in [0.5, 0.6) is 0 Å². The zero-order valence-electron chi connectivity index (χ0n) is 9.92. The minimum absolute atomic E-state index is 0.0712. The fourth-order valence-corrected chi connectivity index (χ4v) is 1.73. The van der Waals surface area contributed by atoms with Crippen molar-refractivity contribution in [3.63, 3.8) is 0 Å². The molecule has 3 nitrogen and oxygen atoms in total. The largest absolute Gasteiger partial charge is 0.352 e. The number of rotatable bonds is 7. The molecule has 0 bridgehead atoms. The van der Waals surface area contributed by atoms with E-state index in [1.54, 1.807) is 0 Å². The van der Waals surface area contributed by atoms with Crippen molar-refractivity contribution in [1.29, 1.82) is 0 Å². The molecule has 94 valence electrons. The van der Waals surface area contributed by atoms with Gasteiger partial charge >= 0.3 is 0 Å². The topological polar surface area (TPSA) is 55.1 Å². The molecule has 1 aromatic rings. The number of unbranched alkanes of at least 4 members (excludes halogenated alkanes) is 2. The fraction of sp³-hybridized carbons (Fsp3) is 0.462. The zero-order valence-corrected chi connectivity index (χ0v) is 10.7. The standard InChI is InChI=1S/C13H19ClN2O/c14-12-7-4-3-6-11(12)10-16-13(17)8-2-1-5-9-15/h3-4,6-7H,1-2,5,8-10,15H2,(H,16,17). The summed E-state index contributed by atoms with van der Waals surface area (Å²) in [7, 11) is 0. The summed E-state index contributed by atoms with van der Waals surface area (Å²) in [6.45, 7) is 1.19. The van der Waals surface area contributed by atoms with Gasteiger partial charge in [-0.05, 0) is 31.0 Å². The fourth-order valence-electron chi connectivity index (χ4n) is 1.53. The van der Waals surface area contributed by atoms with Gasteiger partial charge in [0.15, 0.2) is 0 Å². The van der Waals surface area contributed by atoms with Gasteiger partial charge in [0, 0.05) is 18.0 Å². The lowest BCUT2D eigenvalue weighted by atomic mass is 10.2. The van der Waals surface area contributed by atoms with Gasteiger partial charge in [-0.3, -0.25) is 4.79 Å². The third-order valence-electron chi connectivity index (χ3n) is 2.54. The van der Waals surface area contributed by atoms with E-state index in [2.05, 4.69) is 5.32 Å². The Hall–Kier alpha value is -1.06. The van der Waals surface area contributed by atoms with Gasteiger partial charge in [0.2, 0.25) is 5.91 Å². The summed E-state index contributed by atoms with van der Waals surface area (Å²) in [4.78, 5) is 11.5. The maximum atomic E-state index is 11.5. The molecule has 17 heavy (non-hydrogen) atoms. The summed E-state index contributed by atoms with van der Waals surface area (Å²) >= 11 is 5.99. The van der Waals surface area contributed by atoms with Gasteiger partial charge in [-0.15, -0.1) is 0 Å². The van der Waals surface area contributed by atoms with E-state index >= 15 is 0 Å². The molecule has 0 aliphatic rings. The molecule has 1 aromatic carbocycles. The van der Waals surface area contributed by atoms with Gasteiger partial charge in [0.25, 0.3) is 0 Å². The van der Waals surface area contributed by atoms with E-state index < -0.39 is 0 Å². The number of amides is 1. The van der Waals surface area contributed by atoms with Crippen LogP contribution in [0.2, 0.25) is 5.02 Å². The number of halogens is 1. The van der Waals surface area contributed by atoms with Crippen molar-refractivity contribution in [3.05, 3.63) is 34.9 Å². The molecule has 0 saturated carbocycles. The van der Waals surface area contributed by atoms with Crippen LogP contribution < -0.4 is 11.1 Å². The molecule has 1 amide bonds. The molecule has 3 N–H and O–H groups in total. The minimum Gasteiger partial charge on any atom is -0.352 e. The van der Waals surface area contributed by atoms with Gasteiger partial charge in [-0.1, -0.05) is 36.2 Å². The Morgan fingerprint density at radius 2 is 2.00 bits per heavy atom. The molecule has 1 rings (SSSR count). The molecule has 0 heterocycles. The molecule has 0 aliphatic carbocycles. The highest BCUT2D eigenvalue weighted by molar-refractivity contribution is 6.31. The van der Waals surface area contributed by atoms with Crippen LogP contribution in [-0.4, -0.2) is 12.5 Å². The van der Waals surface area contributed by atoms with Crippen LogP contribution in [0.1, 0.15) is 31.2 Å². The lowest BCUT2D eigenvalue weighted by Gasteiger charge is -2.06. The average molecular weight is 255 g/mol. The van der Waals surface area contributed by atoms with Crippen molar-refractivity contribution >= 4 is 17.5 Å². The first kappa shape index (κ1) is 14.0. The van der Waals surface area contributed by atoms with Crippen LogP contribution in [0.25, 0.3) is 0 Å². The second kappa shape index (κ2) is 8.09. The van der Waals surface area contributed by atoms with Gasteiger partial charge < -0.3 is 11.1 Å².